The van der Waals surface area contributed by atoms with Gasteiger partial charge < -0.3 is 19.3 Å². The van der Waals surface area contributed by atoms with Gasteiger partial charge in [0.25, 0.3) is 5.91 Å². The van der Waals surface area contributed by atoms with Gasteiger partial charge in [0, 0.05) is 17.8 Å². The lowest BCUT2D eigenvalue weighted by Crippen LogP contribution is -2.53. The number of aliphatic hydroxyl groups is 1. The number of carbonyl (C=O) groups is 1. The molecule has 2 fully saturated rings. The number of benzene rings is 2. The fourth-order valence-electron chi connectivity index (χ4n) is 5.26. The van der Waals surface area contributed by atoms with Crippen molar-refractivity contribution in [3.8, 4) is 11.4 Å². The minimum atomic E-state index is -1.57. The van der Waals surface area contributed by atoms with Gasteiger partial charge in [-0.1, -0.05) is 6.07 Å². The van der Waals surface area contributed by atoms with Crippen LogP contribution in [0.5, 0.6) is 5.75 Å². The predicted octanol–water partition coefficient (Wildman–Crippen LogP) is 4.88. The van der Waals surface area contributed by atoms with Gasteiger partial charge in [0.05, 0.1) is 37.0 Å². The van der Waals surface area contributed by atoms with Crippen LogP contribution < -0.4 is 4.74 Å². The molecule has 9 heteroatoms. The number of nitrogens with zero attached hydrogens (tertiary/aromatic N) is 3. The number of aryl methyl sites for hydroxylation is 1. The summed E-state index contributed by atoms with van der Waals surface area (Å²) in [6, 6.07) is 6.14. The number of carbonyl (C=O) groups excluding carboxylic acids is 1. The minimum absolute atomic E-state index is 0.0415. The number of fused-ring (bicyclic) bond motifs is 1. The van der Waals surface area contributed by atoms with Crippen LogP contribution in [0.1, 0.15) is 48.5 Å². The van der Waals surface area contributed by atoms with Gasteiger partial charge in [-0.05, 0) is 74.1 Å². The van der Waals surface area contributed by atoms with Gasteiger partial charge in [-0.2, -0.15) is 0 Å². The van der Waals surface area contributed by atoms with Gasteiger partial charge in [-0.3, -0.25) is 4.79 Å². The molecule has 6 nitrogen and oxygen atoms in total. The Morgan fingerprint density at radius 2 is 1.86 bits per heavy atom. The zero-order valence-electron chi connectivity index (χ0n) is 19.9. The Morgan fingerprint density at radius 1 is 1.11 bits per heavy atom. The van der Waals surface area contributed by atoms with E-state index in [1.807, 2.05) is 35.9 Å². The van der Waals surface area contributed by atoms with Crippen LogP contribution >= 0.6 is 0 Å². The third-order valence-electron chi connectivity index (χ3n) is 6.99. The van der Waals surface area contributed by atoms with E-state index in [-0.39, 0.29) is 17.5 Å². The molecule has 36 heavy (non-hydrogen) atoms. The zero-order valence-corrected chi connectivity index (χ0v) is 19.9. The molecule has 188 valence electrons. The highest BCUT2D eigenvalue weighted by atomic mass is 19.2. The molecule has 2 aliphatic heterocycles. The lowest BCUT2D eigenvalue weighted by atomic mass is 9.82. The van der Waals surface area contributed by atoms with Gasteiger partial charge in [0.15, 0.2) is 17.5 Å². The molecule has 3 aromatic rings. The molecule has 0 aliphatic carbocycles. The van der Waals surface area contributed by atoms with Crippen LogP contribution in [0.2, 0.25) is 0 Å². The molecule has 1 aromatic heterocycles. The van der Waals surface area contributed by atoms with E-state index in [0.717, 1.165) is 29.1 Å². The SMILES string of the molecule is COc1cc(C=C2CC[C@H]3CC[C@@H](O)[C@H](c4cc(F)c(F)c(F)c4)N3C2=O)ccc1-n1cnc(C)c1. The van der Waals surface area contributed by atoms with E-state index in [2.05, 4.69) is 4.98 Å². The third kappa shape index (κ3) is 4.28. The molecule has 0 unspecified atom stereocenters. The summed E-state index contributed by atoms with van der Waals surface area (Å²) in [4.78, 5) is 19.4. The Kier molecular flexibility index (Phi) is 6.34. The van der Waals surface area contributed by atoms with E-state index in [0.29, 0.717) is 37.0 Å². The number of imidazole rings is 1. The Bertz CT molecular complexity index is 1330. The van der Waals surface area contributed by atoms with Crippen molar-refractivity contribution in [2.24, 2.45) is 0 Å². The number of methoxy groups -OCH3 is 1. The van der Waals surface area contributed by atoms with Crippen molar-refractivity contribution in [2.45, 2.75) is 50.8 Å². The maximum absolute atomic E-state index is 14.0. The standard InChI is InChI=1S/C27H26F3N3O3/c1-15-13-32(14-31-15)22-7-3-16(10-24(22)36-2)9-17-4-5-19-6-8-23(34)26(33(19)27(17)35)18-11-20(28)25(30)21(29)12-18/h3,7,9-14,19,23,26,34H,4-6,8H2,1-2H3/t19-,23+,26-/m0/s1. The molecule has 0 radical (unpaired) electrons. The number of aliphatic hydroxyl groups excluding tert-OH is 1. The number of rotatable bonds is 4. The second-order valence-electron chi connectivity index (χ2n) is 9.32. The first kappa shape index (κ1) is 24.1. The largest absolute Gasteiger partial charge is 0.495 e. The topological polar surface area (TPSA) is 67.6 Å². The van der Waals surface area contributed by atoms with Crippen LogP contribution in [0.4, 0.5) is 13.2 Å². The van der Waals surface area contributed by atoms with Crippen LogP contribution in [0, 0.1) is 24.4 Å². The molecule has 2 saturated heterocycles. The Balaban J connectivity index is 1.48. The number of ether oxygens (including phenoxy) is 1. The fraction of sp³-hybridized carbons (Fsp3) is 0.333. The molecule has 3 atom stereocenters. The molecular formula is C27H26F3N3O3. The van der Waals surface area contributed by atoms with E-state index in [9.17, 15) is 23.1 Å². The average molecular weight is 498 g/mol. The van der Waals surface area contributed by atoms with Gasteiger partial charge in [-0.25, -0.2) is 18.2 Å². The van der Waals surface area contributed by atoms with Crippen LogP contribution in [-0.2, 0) is 4.79 Å². The molecule has 0 spiro atoms. The van der Waals surface area contributed by atoms with Crippen molar-refractivity contribution >= 4 is 12.0 Å². The van der Waals surface area contributed by atoms with Crippen LogP contribution in [0.25, 0.3) is 11.8 Å². The van der Waals surface area contributed by atoms with Gasteiger partial charge >= 0.3 is 0 Å². The highest BCUT2D eigenvalue weighted by Gasteiger charge is 2.43. The van der Waals surface area contributed by atoms with Gasteiger partial charge in [0.1, 0.15) is 5.75 Å². The van der Waals surface area contributed by atoms with Crippen molar-refractivity contribution in [2.75, 3.05) is 7.11 Å². The first-order valence-electron chi connectivity index (χ1n) is 11.8. The summed E-state index contributed by atoms with van der Waals surface area (Å²) in [5, 5.41) is 10.7. The summed E-state index contributed by atoms with van der Waals surface area (Å²) in [7, 11) is 1.57. The lowest BCUT2D eigenvalue weighted by Gasteiger charge is -2.48. The summed E-state index contributed by atoms with van der Waals surface area (Å²) in [6.07, 6.45) is 6.46. The maximum Gasteiger partial charge on any atom is 0.250 e. The third-order valence-corrected chi connectivity index (χ3v) is 6.99. The molecular weight excluding hydrogens is 471 g/mol. The van der Waals surface area contributed by atoms with Crippen LogP contribution in [0.15, 0.2) is 48.4 Å². The van der Waals surface area contributed by atoms with Crippen LogP contribution in [0.3, 0.4) is 0 Å². The van der Waals surface area contributed by atoms with E-state index < -0.39 is 29.6 Å². The van der Waals surface area contributed by atoms with Crippen molar-refractivity contribution in [1.29, 1.82) is 0 Å². The lowest BCUT2D eigenvalue weighted by molar-refractivity contribution is -0.142. The second kappa shape index (κ2) is 9.46. The summed E-state index contributed by atoms with van der Waals surface area (Å²) >= 11 is 0. The average Bonchev–Trinajstić information content (AvgIpc) is 3.30. The summed E-state index contributed by atoms with van der Waals surface area (Å²) in [5.74, 6) is -3.98. The van der Waals surface area contributed by atoms with Crippen molar-refractivity contribution in [1.82, 2.24) is 14.5 Å². The Hall–Kier alpha value is -3.59. The highest BCUT2D eigenvalue weighted by molar-refractivity contribution is 5.99. The normalized spacial score (nSPS) is 23.2. The number of amides is 1. The smallest absolute Gasteiger partial charge is 0.250 e. The molecule has 2 aromatic carbocycles. The first-order chi connectivity index (χ1) is 17.3. The Morgan fingerprint density at radius 3 is 2.53 bits per heavy atom. The van der Waals surface area contributed by atoms with Gasteiger partial charge in [0.2, 0.25) is 0 Å². The number of hydrogen-bond acceptors (Lipinski definition) is 4. The molecule has 1 N–H and O–H groups in total. The van der Waals surface area contributed by atoms with E-state index in [4.69, 9.17) is 4.74 Å². The van der Waals surface area contributed by atoms with Crippen LogP contribution in [-0.4, -0.2) is 44.7 Å². The van der Waals surface area contributed by atoms with Gasteiger partial charge in [-0.15, -0.1) is 0 Å². The summed E-state index contributed by atoms with van der Waals surface area (Å²) in [6.45, 7) is 1.89. The Labute approximate surface area is 206 Å². The molecule has 5 rings (SSSR count). The van der Waals surface area contributed by atoms with Crippen molar-refractivity contribution < 1.29 is 27.8 Å². The van der Waals surface area contributed by atoms with E-state index in [1.165, 1.54) is 4.90 Å². The van der Waals surface area contributed by atoms with E-state index >= 15 is 0 Å². The summed E-state index contributed by atoms with van der Waals surface area (Å²) in [5.41, 5.74) is 2.98. The number of halogens is 3. The molecule has 2 aliphatic rings. The van der Waals surface area contributed by atoms with E-state index in [1.54, 1.807) is 19.5 Å². The molecule has 0 bridgehead atoms. The van der Waals surface area contributed by atoms with Crippen molar-refractivity contribution in [3.63, 3.8) is 0 Å². The molecule has 0 saturated carbocycles. The maximum atomic E-state index is 14.0. The monoisotopic (exact) mass is 497 g/mol. The number of hydrogen-bond donors (Lipinski definition) is 1. The quantitative estimate of drug-likeness (QED) is 0.412. The second-order valence-corrected chi connectivity index (χ2v) is 9.32. The zero-order chi connectivity index (χ0) is 25.6. The number of piperidine rings is 2. The van der Waals surface area contributed by atoms with Crippen molar-refractivity contribution in [3.05, 3.63) is 82.7 Å². The minimum Gasteiger partial charge on any atom is -0.495 e. The predicted molar refractivity (Wildman–Crippen MR) is 127 cm³/mol. The number of aromatic nitrogens is 2. The summed E-state index contributed by atoms with van der Waals surface area (Å²) < 4.78 is 49.0. The fourth-order valence-corrected chi connectivity index (χ4v) is 5.26. The molecule has 3 heterocycles. The first-order valence-corrected chi connectivity index (χ1v) is 11.8. The highest BCUT2D eigenvalue weighted by Crippen LogP contribution is 2.41. The molecule has 1 amide bonds.